The summed E-state index contributed by atoms with van der Waals surface area (Å²) in [4.78, 5) is 8.29. The van der Waals surface area contributed by atoms with Gasteiger partial charge in [-0.05, 0) is 19.9 Å². The van der Waals surface area contributed by atoms with Crippen molar-refractivity contribution in [1.29, 1.82) is 0 Å². The normalized spacial score (nSPS) is 10.3. The van der Waals surface area contributed by atoms with Gasteiger partial charge >= 0.3 is 0 Å². The van der Waals surface area contributed by atoms with Crippen molar-refractivity contribution in [2.75, 3.05) is 17.6 Å². The fourth-order valence-electron chi connectivity index (χ4n) is 1.71. The van der Waals surface area contributed by atoms with Gasteiger partial charge in [-0.3, -0.25) is 0 Å². The van der Waals surface area contributed by atoms with Crippen molar-refractivity contribution in [3.8, 4) is 5.82 Å². The van der Waals surface area contributed by atoms with Crippen molar-refractivity contribution in [2.24, 2.45) is 0 Å². The second kappa shape index (κ2) is 4.87. The molecule has 0 unspecified atom stereocenters. The summed E-state index contributed by atoms with van der Waals surface area (Å²) in [6, 6.07) is 1.97. The zero-order valence-corrected chi connectivity index (χ0v) is 10.5. The van der Waals surface area contributed by atoms with Gasteiger partial charge in [0.1, 0.15) is 12.0 Å². The summed E-state index contributed by atoms with van der Waals surface area (Å²) >= 11 is 0. The molecule has 18 heavy (non-hydrogen) atoms. The largest absolute Gasteiger partial charge is 0.393 e. The number of aryl methyl sites for hydroxylation is 2. The summed E-state index contributed by atoms with van der Waals surface area (Å²) in [5.74, 6) is 1.18. The fraction of sp³-hybridized carbons (Fsp3) is 0.250. The maximum atomic E-state index is 6.05. The third kappa shape index (κ3) is 2.17. The van der Waals surface area contributed by atoms with Gasteiger partial charge in [-0.15, -0.1) is 6.58 Å². The molecule has 6 heteroatoms. The van der Waals surface area contributed by atoms with E-state index in [9.17, 15) is 0 Å². The van der Waals surface area contributed by atoms with Gasteiger partial charge in [0.05, 0.1) is 5.69 Å². The molecule has 2 heterocycles. The first-order valence-corrected chi connectivity index (χ1v) is 5.62. The topological polar surface area (TPSA) is 81.7 Å². The molecule has 0 radical (unpaired) electrons. The fourth-order valence-corrected chi connectivity index (χ4v) is 1.71. The van der Waals surface area contributed by atoms with Crippen molar-refractivity contribution in [3.63, 3.8) is 0 Å². The number of nitrogens with one attached hydrogen (secondary N) is 1. The van der Waals surface area contributed by atoms with Crippen LogP contribution >= 0.6 is 0 Å². The molecular formula is C12H16N6. The predicted octanol–water partition coefficient (Wildman–Crippen LogP) is 1.46. The Hall–Kier alpha value is -2.37. The van der Waals surface area contributed by atoms with Gasteiger partial charge in [-0.2, -0.15) is 5.10 Å². The third-order valence-electron chi connectivity index (χ3n) is 2.49. The third-order valence-corrected chi connectivity index (χ3v) is 2.49. The summed E-state index contributed by atoms with van der Waals surface area (Å²) in [5, 5.41) is 7.42. The van der Waals surface area contributed by atoms with Crippen LogP contribution in [0.4, 0.5) is 11.5 Å². The van der Waals surface area contributed by atoms with Crippen LogP contribution in [0.3, 0.4) is 0 Å². The number of nitrogens with zero attached hydrogens (tertiary/aromatic N) is 4. The zero-order chi connectivity index (χ0) is 13.1. The van der Waals surface area contributed by atoms with Crippen LogP contribution in [0.5, 0.6) is 0 Å². The Balaban J connectivity index is 2.45. The molecule has 0 saturated heterocycles. The molecule has 0 fully saturated rings. The molecule has 0 aliphatic heterocycles. The van der Waals surface area contributed by atoms with Crippen LogP contribution in [0.25, 0.3) is 5.82 Å². The van der Waals surface area contributed by atoms with Gasteiger partial charge in [0.15, 0.2) is 11.6 Å². The highest BCUT2D eigenvalue weighted by Gasteiger charge is 2.12. The first-order valence-electron chi connectivity index (χ1n) is 5.62. The van der Waals surface area contributed by atoms with E-state index in [2.05, 4.69) is 27.0 Å². The minimum absolute atomic E-state index is 0.477. The Bertz CT molecular complexity index is 572. The minimum Gasteiger partial charge on any atom is -0.393 e. The molecule has 0 atom stereocenters. The number of hydrogen-bond donors (Lipinski definition) is 2. The first-order chi connectivity index (χ1) is 8.63. The molecule has 2 rings (SSSR count). The number of hydrogen-bond acceptors (Lipinski definition) is 5. The summed E-state index contributed by atoms with van der Waals surface area (Å²) in [7, 11) is 0. The minimum atomic E-state index is 0.477. The van der Waals surface area contributed by atoms with E-state index in [0.29, 0.717) is 23.9 Å². The standard InChI is InChI=1S/C12H16N6/c1-4-5-14-11-10(13)12(16-7-15-11)18-9(3)6-8(2)17-18/h4,6-7H,1,5,13H2,2-3H3,(H,14,15,16). The predicted molar refractivity (Wildman–Crippen MR) is 71.7 cm³/mol. The molecule has 0 saturated carbocycles. The van der Waals surface area contributed by atoms with Crippen molar-refractivity contribution in [3.05, 3.63) is 36.4 Å². The summed E-state index contributed by atoms with van der Waals surface area (Å²) in [6.07, 6.45) is 3.21. The average molecular weight is 244 g/mol. The number of anilines is 2. The van der Waals surface area contributed by atoms with Crippen LogP contribution < -0.4 is 11.1 Å². The lowest BCUT2D eigenvalue weighted by atomic mass is 10.4. The van der Waals surface area contributed by atoms with E-state index in [0.717, 1.165) is 11.4 Å². The van der Waals surface area contributed by atoms with Gasteiger partial charge in [0.25, 0.3) is 0 Å². The molecule has 0 aromatic carbocycles. The maximum Gasteiger partial charge on any atom is 0.182 e. The lowest BCUT2D eigenvalue weighted by Gasteiger charge is -2.10. The van der Waals surface area contributed by atoms with Gasteiger partial charge in [-0.25, -0.2) is 14.6 Å². The lowest BCUT2D eigenvalue weighted by Crippen LogP contribution is -2.11. The van der Waals surface area contributed by atoms with Crippen molar-refractivity contribution >= 4 is 11.5 Å². The highest BCUT2D eigenvalue weighted by Crippen LogP contribution is 2.22. The molecule has 0 bridgehead atoms. The van der Waals surface area contributed by atoms with Gasteiger partial charge in [0, 0.05) is 12.2 Å². The van der Waals surface area contributed by atoms with Crippen molar-refractivity contribution in [2.45, 2.75) is 13.8 Å². The van der Waals surface area contributed by atoms with Crippen LogP contribution in [0, 0.1) is 13.8 Å². The molecule has 6 nitrogen and oxygen atoms in total. The number of aromatic nitrogens is 4. The molecule has 0 amide bonds. The van der Waals surface area contributed by atoms with E-state index in [4.69, 9.17) is 5.73 Å². The second-order valence-corrected chi connectivity index (χ2v) is 3.97. The van der Waals surface area contributed by atoms with Crippen LogP contribution in [-0.4, -0.2) is 26.3 Å². The smallest absolute Gasteiger partial charge is 0.182 e. The molecule has 2 aromatic rings. The SMILES string of the molecule is C=CCNc1ncnc(-n2nc(C)cc2C)c1N. The van der Waals surface area contributed by atoms with E-state index in [1.165, 1.54) is 6.33 Å². The molecule has 0 aliphatic carbocycles. The van der Waals surface area contributed by atoms with Crippen LogP contribution in [0.15, 0.2) is 25.0 Å². The number of nitrogen functional groups attached to an aromatic ring is 1. The number of nitrogens with two attached hydrogens (primary N) is 1. The Morgan fingerprint density at radius 3 is 2.83 bits per heavy atom. The molecule has 0 aliphatic rings. The van der Waals surface area contributed by atoms with Gasteiger partial charge in [0.2, 0.25) is 0 Å². The Morgan fingerprint density at radius 1 is 1.44 bits per heavy atom. The highest BCUT2D eigenvalue weighted by molar-refractivity contribution is 5.69. The van der Waals surface area contributed by atoms with E-state index in [1.807, 2.05) is 19.9 Å². The Labute approximate surface area is 106 Å². The molecular weight excluding hydrogens is 228 g/mol. The Morgan fingerprint density at radius 2 is 2.22 bits per heavy atom. The average Bonchev–Trinajstić information content (AvgIpc) is 2.67. The summed E-state index contributed by atoms with van der Waals surface area (Å²) in [5.41, 5.74) is 8.43. The van der Waals surface area contributed by atoms with E-state index < -0.39 is 0 Å². The van der Waals surface area contributed by atoms with Crippen molar-refractivity contribution < 1.29 is 0 Å². The number of rotatable bonds is 4. The van der Waals surface area contributed by atoms with E-state index >= 15 is 0 Å². The van der Waals surface area contributed by atoms with E-state index in [-0.39, 0.29) is 0 Å². The lowest BCUT2D eigenvalue weighted by molar-refractivity contribution is 0.804. The van der Waals surface area contributed by atoms with Gasteiger partial charge < -0.3 is 11.1 Å². The molecule has 94 valence electrons. The second-order valence-electron chi connectivity index (χ2n) is 3.97. The maximum absolute atomic E-state index is 6.05. The van der Waals surface area contributed by atoms with E-state index in [1.54, 1.807) is 10.8 Å². The Kier molecular flexibility index (Phi) is 3.27. The summed E-state index contributed by atoms with van der Waals surface area (Å²) < 4.78 is 1.71. The zero-order valence-electron chi connectivity index (χ0n) is 10.5. The van der Waals surface area contributed by atoms with Crippen LogP contribution in [-0.2, 0) is 0 Å². The quantitative estimate of drug-likeness (QED) is 0.796. The summed E-state index contributed by atoms with van der Waals surface area (Å²) in [6.45, 7) is 8.12. The van der Waals surface area contributed by atoms with Crippen molar-refractivity contribution in [1.82, 2.24) is 19.7 Å². The van der Waals surface area contributed by atoms with Crippen LogP contribution in [0.1, 0.15) is 11.4 Å². The highest BCUT2D eigenvalue weighted by atomic mass is 15.3. The van der Waals surface area contributed by atoms with Gasteiger partial charge in [-0.1, -0.05) is 6.08 Å². The molecule has 0 spiro atoms. The monoisotopic (exact) mass is 244 g/mol. The molecule has 2 aromatic heterocycles. The molecule has 3 N–H and O–H groups in total. The first kappa shape index (κ1) is 12.1. The van der Waals surface area contributed by atoms with Crippen LogP contribution in [0.2, 0.25) is 0 Å².